The standard InChI is InChI=1S/C16H16F3N3O3/c1-9-4-6-11(7-5-9)13(23)22-15(14(24)25-3,16(17,18)19)12(8-20)10(2)21/h4-7H,21H2,1-3H3,(H,22,23)/b12-10+/t15-/m1/s1. The number of alkyl halides is 3. The lowest BCUT2D eigenvalue weighted by Gasteiger charge is -2.33. The zero-order valence-electron chi connectivity index (χ0n) is 13.7. The van der Waals surface area contributed by atoms with E-state index in [4.69, 9.17) is 11.0 Å². The molecule has 25 heavy (non-hydrogen) atoms. The Morgan fingerprint density at radius 2 is 1.76 bits per heavy atom. The lowest BCUT2D eigenvalue weighted by Crippen LogP contribution is -2.65. The van der Waals surface area contributed by atoms with Gasteiger partial charge in [0.15, 0.2) is 0 Å². The normalized spacial score (nSPS) is 14.6. The smallest absolute Gasteiger partial charge is 0.427 e. The first-order valence-corrected chi connectivity index (χ1v) is 6.92. The van der Waals surface area contributed by atoms with E-state index in [0.29, 0.717) is 7.11 Å². The van der Waals surface area contributed by atoms with E-state index in [2.05, 4.69) is 4.74 Å². The van der Waals surface area contributed by atoms with Crippen molar-refractivity contribution in [2.24, 2.45) is 5.73 Å². The summed E-state index contributed by atoms with van der Waals surface area (Å²) >= 11 is 0. The molecule has 0 fully saturated rings. The second-order valence-corrected chi connectivity index (χ2v) is 5.23. The monoisotopic (exact) mass is 355 g/mol. The Labute approximate surface area is 142 Å². The van der Waals surface area contributed by atoms with Gasteiger partial charge in [-0.2, -0.15) is 18.4 Å². The fourth-order valence-corrected chi connectivity index (χ4v) is 2.11. The molecule has 0 spiro atoms. The highest BCUT2D eigenvalue weighted by molar-refractivity contribution is 6.00. The quantitative estimate of drug-likeness (QED) is 0.634. The topological polar surface area (TPSA) is 105 Å². The molecule has 6 nitrogen and oxygen atoms in total. The maximum atomic E-state index is 13.8. The van der Waals surface area contributed by atoms with Crippen LogP contribution in [0, 0.1) is 18.3 Å². The SMILES string of the molecule is COC(=O)[C@](NC(=O)c1ccc(C)cc1)(/C(C#N)=C(\C)N)C(F)(F)F. The molecule has 0 saturated carbocycles. The molecule has 0 heterocycles. The highest BCUT2D eigenvalue weighted by Gasteiger charge is 2.66. The van der Waals surface area contributed by atoms with Crippen LogP contribution in [0.15, 0.2) is 35.5 Å². The van der Waals surface area contributed by atoms with Crippen LogP contribution in [0.3, 0.4) is 0 Å². The van der Waals surface area contributed by atoms with Gasteiger partial charge in [0.05, 0.1) is 18.8 Å². The van der Waals surface area contributed by atoms with Gasteiger partial charge in [0, 0.05) is 11.3 Å². The van der Waals surface area contributed by atoms with Gasteiger partial charge >= 0.3 is 12.1 Å². The molecule has 1 aromatic rings. The molecule has 9 heteroatoms. The van der Waals surface area contributed by atoms with Gasteiger partial charge < -0.3 is 15.8 Å². The lowest BCUT2D eigenvalue weighted by molar-refractivity contribution is -0.200. The molecule has 0 saturated heterocycles. The van der Waals surface area contributed by atoms with Crippen molar-refractivity contribution in [1.29, 1.82) is 5.26 Å². The fourth-order valence-electron chi connectivity index (χ4n) is 2.11. The second kappa shape index (κ2) is 7.25. The fraction of sp³-hybridized carbons (Fsp3) is 0.312. The number of nitrogens with two attached hydrogens (primary N) is 1. The molecule has 0 aliphatic carbocycles. The Morgan fingerprint density at radius 1 is 1.24 bits per heavy atom. The van der Waals surface area contributed by atoms with Crippen molar-refractivity contribution in [3.63, 3.8) is 0 Å². The van der Waals surface area contributed by atoms with Gasteiger partial charge in [-0.05, 0) is 26.0 Å². The highest BCUT2D eigenvalue weighted by atomic mass is 19.4. The number of ether oxygens (including phenoxy) is 1. The number of nitrogens with zero attached hydrogens (tertiary/aromatic N) is 1. The first-order chi connectivity index (χ1) is 11.5. The molecule has 0 aliphatic rings. The van der Waals surface area contributed by atoms with Crippen LogP contribution in [-0.4, -0.2) is 30.7 Å². The van der Waals surface area contributed by atoms with Crippen LogP contribution >= 0.6 is 0 Å². The van der Waals surface area contributed by atoms with Crippen LogP contribution in [0.4, 0.5) is 13.2 Å². The molecule has 0 aromatic heterocycles. The summed E-state index contributed by atoms with van der Waals surface area (Å²) in [6, 6.07) is 6.84. The van der Waals surface area contributed by atoms with E-state index in [0.717, 1.165) is 12.5 Å². The molecular formula is C16H16F3N3O3. The van der Waals surface area contributed by atoms with Crippen LogP contribution < -0.4 is 11.1 Å². The van der Waals surface area contributed by atoms with Crippen LogP contribution in [-0.2, 0) is 9.53 Å². The number of methoxy groups -OCH3 is 1. The van der Waals surface area contributed by atoms with Gasteiger partial charge in [-0.1, -0.05) is 17.7 Å². The number of amides is 1. The van der Waals surface area contributed by atoms with E-state index in [1.807, 2.05) is 0 Å². The predicted molar refractivity (Wildman–Crippen MR) is 81.9 cm³/mol. The Hall–Kier alpha value is -3.02. The van der Waals surface area contributed by atoms with Crippen molar-refractivity contribution in [2.75, 3.05) is 7.11 Å². The molecule has 0 bridgehead atoms. The molecule has 134 valence electrons. The van der Waals surface area contributed by atoms with Crippen molar-refractivity contribution in [3.05, 3.63) is 46.7 Å². The number of hydrogen-bond donors (Lipinski definition) is 2. The van der Waals surface area contributed by atoms with Gasteiger partial charge in [-0.25, -0.2) is 4.79 Å². The zero-order chi connectivity index (χ0) is 19.4. The molecule has 0 radical (unpaired) electrons. The van der Waals surface area contributed by atoms with Crippen LogP contribution in [0.25, 0.3) is 0 Å². The average molecular weight is 355 g/mol. The average Bonchev–Trinajstić information content (AvgIpc) is 2.52. The van der Waals surface area contributed by atoms with Crippen LogP contribution in [0.1, 0.15) is 22.8 Å². The number of carbonyl (C=O) groups is 2. The van der Waals surface area contributed by atoms with Crippen molar-refractivity contribution in [2.45, 2.75) is 25.6 Å². The van der Waals surface area contributed by atoms with E-state index >= 15 is 0 Å². The second-order valence-electron chi connectivity index (χ2n) is 5.23. The summed E-state index contributed by atoms with van der Waals surface area (Å²) in [4.78, 5) is 24.3. The van der Waals surface area contributed by atoms with Crippen molar-refractivity contribution >= 4 is 11.9 Å². The van der Waals surface area contributed by atoms with E-state index < -0.39 is 34.9 Å². The van der Waals surface area contributed by atoms with E-state index in [1.54, 1.807) is 12.2 Å². The van der Waals surface area contributed by atoms with Crippen LogP contribution in [0.5, 0.6) is 0 Å². The van der Waals surface area contributed by atoms with Gasteiger partial charge in [0.25, 0.3) is 11.4 Å². The molecule has 1 atom stereocenters. The zero-order valence-corrected chi connectivity index (χ0v) is 13.7. The number of carbonyl (C=O) groups excluding carboxylic acids is 2. The first-order valence-electron chi connectivity index (χ1n) is 6.92. The summed E-state index contributed by atoms with van der Waals surface area (Å²) in [6.45, 7) is 2.74. The number of nitrogens with one attached hydrogen (secondary N) is 1. The summed E-state index contributed by atoms with van der Waals surface area (Å²) in [5, 5.41) is 10.7. The Kier molecular flexibility index (Phi) is 5.81. The molecule has 0 unspecified atom stereocenters. The summed E-state index contributed by atoms with van der Waals surface area (Å²) in [7, 11) is 0.710. The van der Waals surface area contributed by atoms with Gasteiger partial charge in [0.2, 0.25) is 0 Å². The van der Waals surface area contributed by atoms with Crippen molar-refractivity contribution in [3.8, 4) is 6.07 Å². The van der Waals surface area contributed by atoms with Gasteiger partial charge in [0.1, 0.15) is 0 Å². The van der Waals surface area contributed by atoms with Gasteiger partial charge in [-0.15, -0.1) is 0 Å². The number of benzene rings is 1. The third-order valence-corrected chi connectivity index (χ3v) is 3.41. The Bertz CT molecular complexity index is 745. The number of aryl methyl sites for hydroxylation is 1. The number of rotatable bonds is 4. The maximum Gasteiger partial charge on any atom is 0.427 e. The summed E-state index contributed by atoms with van der Waals surface area (Å²) in [6.07, 6.45) is -5.37. The third-order valence-electron chi connectivity index (χ3n) is 3.41. The maximum absolute atomic E-state index is 13.8. The van der Waals surface area contributed by atoms with Gasteiger partial charge in [-0.3, -0.25) is 4.79 Å². The molecule has 0 aliphatic heterocycles. The molecule has 1 aromatic carbocycles. The Balaban J connectivity index is 3.58. The molecule has 1 rings (SSSR count). The molecular weight excluding hydrogens is 339 g/mol. The minimum atomic E-state index is -5.37. The summed E-state index contributed by atoms with van der Waals surface area (Å²) in [5.41, 5.74) is 0.559. The number of esters is 1. The van der Waals surface area contributed by atoms with Crippen LogP contribution in [0.2, 0.25) is 0 Å². The summed E-state index contributed by atoms with van der Waals surface area (Å²) in [5.74, 6) is -3.08. The molecule has 3 N–H and O–H groups in total. The number of hydrogen-bond acceptors (Lipinski definition) is 5. The highest BCUT2D eigenvalue weighted by Crippen LogP contribution is 2.38. The lowest BCUT2D eigenvalue weighted by atomic mass is 9.87. The number of nitriles is 1. The van der Waals surface area contributed by atoms with Crippen molar-refractivity contribution in [1.82, 2.24) is 5.32 Å². The Morgan fingerprint density at radius 3 is 2.12 bits per heavy atom. The summed E-state index contributed by atoms with van der Waals surface area (Å²) < 4.78 is 45.6. The number of halogens is 3. The van der Waals surface area contributed by atoms with Crippen molar-refractivity contribution < 1.29 is 27.5 Å². The minimum absolute atomic E-state index is 0.130. The van der Waals surface area contributed by atoms with E-state index in [9.17, 15) is 22.8 Å². The van der Waals surface area contributed by atoms with E-state index in [1.165, 1.54) is 30.3 Å². The minimum Gasteiger partial charge on any atom is -0.467 e. The van der Waals surface area contributed by atoms with E-state index in [-0.39, 0.29) is 5.56 Å². The largest absolute Gasteiger partial charge is 0.467 e. The molecule has 1 amide bonds. The number of allylic oxidation sites excluding steroid dienone is 1. The first kappa shape index (κ1) is 20.0. The predicted octanol–water partition coefficient (Wildman–Crippen LogP) is 1.96. The third kappa shape index (κ3) is 3.74.